The number of carbonyl (C=O) groups excluding carboxylic acids is 2. The van der Waals surface area contributed by atoms with E-state index in [1.54, 1.807) is 29.2 Å². The van der Waals surface area contributed by atoms with Gasteiger partial charge in [-0.3, -0.25) is 9.59 Å². The van der Waals surface area contributed by atoms with Crippen LogP contribution in [0.3, 0.4) is 0 Å². The second-order valence-corrected chi connectivity index (χ2v) is 6.90. The Bertz CT molecular complexity index is 898. The lowest BCUT2D eigenvalue weighted by atomic mass is 9.93. The smallest absolute Gasteiger partial charge is 0.223 e. The predicted octanol–water partition coefficient (Wildman–Crippen LogP) is 2.86. The van der Waals surface area contributed by atoms with Crippen molar-refractivity contribution in [2.45, 2.75) is 31.4 Å². The highest BCUT2D eigenvalue weighted by molar-refractivity contribution is 6.09. The number of likely N-dealkylation sites (tertiary alicyclic amines) is 1. The van der Waals surface area contributed by atoms with Crippen LogP contribution in [0.15, 0.2) is 42.5 Å². The fraction of sp³-hybridized carbons (Fsp3) is 0.333. The van der Waals surface area contributed by atoms with Crippen LogP contribution in [0.2, 0.25) is 0 Å². The van der Waals surface area contributed by atoms with Gasteiger partial charge in [-0.05, 0) is 36.8 Å². The van der Waals surface area contributed by atoms with Gasteiger partial charge in [-0.1, -0.05) is 12.1 Å². The van der Waals surface area contributed by atoms with Crippen molar-refractivity contribution in [2.24, 2.45) is 0 Å². The van der Waals surface area contributed by atoms with E-state index in [-0.39, 0.29) is 11.5 Å². The van der Waals surface area contributed by atoms with E-state index >= 15 is 0 Å². The van der Waals surface area contributed by atoms with E-state index in [1.165, 1.54) is 18.2 Å². The van der Waals surface area contributed by atoms with Crippen molar-refractivity contribution < 1.29 is 23.8 Å². The summed E-state index contributed by atoms with van der Waals surface area (Å²) in [4.78, 5) is 26.7. The van der Waals surface area contributed by atoms with Crippen molar-refractivity contribution in [3.8, 4) is 5.75 Å². The van der Waals surface area contributed by atoms with Crippen LogP contribution in [0, 0.1) is 5.82 Å². The number of amides is 1. The van der Waals surface area contributed by atoms with Gasteiger partial charge in [0.2, 0.25) is 5.91 Å². The second kappa shape index (κ2) is 7.12. The van der Waals surface area contributed by atoms with Crippen molar-refractivity contribution in [1.29, 1.82) is 0 Å². The molecule has 140 valence electrons. The molecule has 0 aromatic heterocycles. The monoisotopic (exact) mass is 369 g/mol. The van der Waals surface area contributed by atoms with E-state index in [2.05, 4.69) is 0 Å². The molecule has 5 nitrogen and oxygen atoms in total. The minimum absolute atomic E-state index is 0.0127. The molecule has 1 fully saturated rings. The maximum Gasteiger partial charge on any atom is 0.223 e. The molecule has 1 amide bonds. The van der Waals surface area contributed by atoms with Crippen LogP contribution in [0.1, 0.15) is 46.8 Å². The van der Waals surface area contributed by atoms with Crippen LogP contribution >= 0.6 is 0 Å². The number of aliphatic hydroxyl groups excluding tert-OH is 1. The summed E-state index contributed by atoms with van der Waals surface area (Å²) in [5, 5.41) is 10.6. The van der Waals surface area contributed by atoms with Gasteiger partial charge in [0.25, 0.3) is 0 Å². The molecule has 2 atom stereocenters. The normalized spacial score (nSPS) is 22.1. The van der Waals surface area contributed by atoms with E-state index in [0.717, 1.165) is 6.42 Å². The number of benzene rings is 2. The van der Waals surface area contributed by atoms with Crippen LogP contribution in [0.5, 0.6) is 5.75 Å². The van der Waals surface area contributed by atoms with Gasteiger partial charge in [0.15, 0.2) is 5.78 Å². The average molecular weight is 369 g/mol. The first-order chi connectivity index (χ1) is 13.1. The number of carbonyl (C=O) groups is 2. The third kappa shape index (κ3) is 3.21. The minimum Gasteiger partial charge on any atom is -0.493 e. The number of fused-ring (bicyclic) bond motifs is 1. The first kappa shape index (κ1) is 17.7. The highest BCUT2D eigenvalue weighted by Crippen LogP contribution is 2.38. The molecular formula is C21H20FNO4. The summed E-state index contributed by atoms with van der Waals surface area (Å²) in [5.74, 6) is -0.500. The molecule has 4 rings (SSSR count). The Balaban J connectivity index is 1.77. The number of rotatable bonds is 3. The SMILES string of the molecule is O=C(c1ccc2c(c1)[C@@H](N1CCCC1=O)[C@H](O)CCO2)c1ccccc1F. The highest BCUT2D eigenvalue weighted by Gasteiger charge is 2.37. The molecule has 2 aliphatic heterocycles. The fourth-order valence-corrected chi connectivity index (χ4v) is 3.85. The largest absolute Gasteiger partial charge is 0.493 e. The van der Waals surface area contributed by atoms with Gasteiger partial charge in [-0.15, -0.1) is 0 Å². The van der Waals surface area contributed by atoms with E-state index in [1.807, 2.05) is 0 Å². The molecule has 0 spiro atoms. The summed E-state index contributed by atoms with van der Waals surface area (Å²) >= 11 is 0. The molecule has 0 aliphatic carbocycles. The Morgan fingerprint density at radius 2 is 2.04 bits per heavy atom. The fourth-order valence-electron chi connectivity index (χ4n) is 3.85. The summed E-state index contributed by atoms with van der Waals surface area (Å²) in [7, 11) is 0. The predicted molar refractivity (Wildman–Crippen MR) is 96.1 cm³/mol. The molecular weight excluding hydrogens is 349 g/mol. The van der Waals surface area contributed by atoms with E-state index in [4.69, 9.17) is 4.74 Å². The number of halogens is 1. The standard InChI is InChI=1S/C21H20FNO4/c22-16-5-2-1-4-14(16)21(26)13-7-8-18-15(12-13)20(17(24)9-11-27-18)23-10-3-6-19(23)25/h1-2,4-5,7-8,12,17,20,24H,3,6,9-11H2/t17-,20-/m1/s1. The number of hydrogen-bond donors (Lipinski definition) is 1. The third-order valence-corrected chi connectivity index (χ3v) is 5.19. The van der Waals surface area contributed by atoms with Crippen LogP contribution in [-0.4, -0.2) is 41.0 Å². The number of ketones is 1. The van der Waals surface area contributed by atoms with Crippen molar-refractivity contribution >= 4 is 11.7 Å². The molecule has 2 heterocycles. The zero-order valence-corrected chi connectivity index (χ0v) is 14.7. The first-order valence-corrected chi connectivity index (χ1v) is 9.10. The average Bonchev–Trinajstić information content (AvgIpc) is 3.01. The van der Waals surface area contributed by atoms with Gasteiger partial charge in [-0.25, -0.2) is 4.39 Å². The Hall–Kier alpha value is -2.73. The van der Waals surface area contributed by atoms with E-state index < -0.39 is 23.7 Å². The lowest BCUT2D eigenvalue weighted by Crippen LogP contribution is -2.37. The van der Waals surface area contributed by atoms with Gasteiger partial charge in [0, 0.05) is 30.5 Å². The maximum absolute atomic E-state index is 14.0. The molecule has 2 aromatic rings. The molecule has 6 heteroatoms. The Morgan fingerprint density at radius 1 is 1.22 bits per heavy atom. The molecule has 27 heavy (non-hydrogen) atoms. The Labute approximate surface area is 156 Å². The van der Waals surface area contributed by atoms with E-state index in [0.29, 0.717) is 42.9 Å². The Morgan fingerprint density at radius 3 is 2.78 bits per heavy atom. The van der Waals surface area contributed by atoms with Crippen LogP contribution in [0.4, 0.5) is 4.39 Å². The van der Waals surface area contributed by atoms with E-state index in [9.17, 15) is 19.1 Å². The Kier molecular flexibility index (Phi) is 4.66. The van der Waals surface area contributed by atoms with Crippen LogP contribution in [0.25, 0.3) is 0 Å². The van der Waals surface area contributed by atoms with Gasteiger partial charge >= 0.3 is 0 Å². The molecule has 1 N–H and O–H groups in total. The van der Waals surface area contributed by atoms with Crippen LogP contribution < -0.4 is 4.74 Å². The van der Waals surface area contributed by atoms with Crippen molar-refractivity contribution in [1.82, 2.24) is 4.90 Å². The quantitative estimate of drug-likeness (QED) is 0.845. The number of hydrogen-bond acceptors (Lipinski definition) is 4. The number of ether oxygens (including phenoxy) is 1. The number of nitrogens with zero attached hydrogens (tertiary/aromatic N) is 1. The minimum atomic E-state index is -0.785. The summed E-state index contributed by atoms with van der Waals surface area (Å²) < 4.78 is 19.8. The van der Waals surface area contributed by atoms with Crippen molar-refractivity contribution in [2.75, 3.05) is 13.2 Å². The topological polar surface area (TPSA) is 66.8 Å². The van der Waals surface area contributed by atoms with Crippen molar-refractivity contribution in [3.05, 3.63) is 65.0 Å². The van der Waals surface area contributed by atoms with Gasteiger partial charge < -0.3 is 14.7 Å². The zero-order valence-electron chi connectivity index (χ0n) is 14.7. The highest BCUT2D eigenvalue weighted by atomic mass is 19.1. The summed E-state index contributed by atoms with van der Waals surface area (Å²) in [6.07, 6.45) is 0.797. The van der Waals surface area contributed by atoms with Gasteiger partial charge in [0.05, 0.1) is 24.3 Å². The molecule has 0 radical (unpaired) electrons. The zero-order chi connectivity index (χ0) is 19.0. The maximum atomic E-state index is 14.0. The molecule has 0 unspecified atom stereocenters. The molecule has 2 aliphatic rings. The number of aliphatic hydroxyl groups is 1. The molecule has 0 bridgehead atoms. The van der Waals surface area contributed by atoms with Crippen LogP contribution in [-0.2, 0) is 4.79 Å². The molecule has 0 saturated carbocycles. The molecule has 1 saturated heterocycles. The first-order valence-electron chi connectivity index (χ1n) is 9.10. The van der Waals surface area contributed by atoms with Crippen molar-refractivity contribution in [3.63, 3.8) is 0 Å². The summed E-state index contributed by atoms with van der Waals surface area (Å²) in [6, 6.07) is 10.1. The van der Waals surface area contributed by atoms with Gasteiger partial charge in [-0.2, -0.15) is 0 Å². The third-order valence-electron chi connectivity index (χ3n) is 5.19. The lowest BCUT2D eigenvalue weighted by molar-refractivity contribution is -0.132. The molecule has 2 aromatic carbocycles. The second-order valence-electron chi connectivity index (χ2n) is 6.90. The van der Waals surface area contributed by atoms with Gasteiger partial charge in [0.1, 0.15) is 11.6 Å². The summed E-state index contributed by atoms with van der Waals surface area (Å²) in [5.41, 5.74) is 0.881. The summed E-state index contributed by atoms with van der Waals surface area (Å²) in [6.45, 7) is 0.888. The lowest BCUT2D eigenvalue weighted by Gasteiger charge is -2.31.